The number of benzene rings is 3. The maximum Gasteiger partial charge on any atom is 0.257 e. The van der Waals surface area contributed by atoms with Gasteiger partial charge in [-0.1, -0.05) is 49.7 Å². The third-order valence-electron chi connectivity index (χ3n) is 5.24. The quantitative estimate of drug-likeness (QED) is 0.386. The Bertz CT molecular complexity index is 1280. The molecule has 0 spiro atoms. The first-order chi connectivity index (χ1) is 15.4. The van der Waals surface area contributed by atoms with Crippen molar-refractivity contribution in [2.45, 2.75) is 33.2 Å². The SMILES string of the molecule is Cc1cccc(C(=O)NC(=S)NCc2ccc(-c3nc4cc(C(C)C)ccc4o3)cc2)c1. The van der Waals surface area contributed by atoms with Crippen molar-refractivity contribution in [1.82, 2.24) is 15.6 Å². The fourth-order valence-electron chi connectivity index (χ4n) is 3.38. The van der Waals surface area contributed by atoms with Crippen LogP contribution in [0.2, 0.25) is 0 Å². The number of nitrogens with zero attached hydrogens (tertiary/aromatic N) is 1. The molecule has 6 heteroatoms. The highest BCUT2D eigenvalue weighted by atomic mass is 32.1. The summed E-state index contributed by atoms with van der Waals surface area (Å²) >= 11 is 5.26. The van der Waals surface area contributed by atoms with Crippen LogP contribution in [0.4, 0.5) is 0 Å². The topological polar surface area (TPSA) is 67.2 Å². The number of carbonyl (C=O) groups excluding carboxylic acids is 1. The highest BCUT2D eigenvalue weighted by molar-refractivity contribution is 7.80. The third-order valence-corrected chi connectivity index (χ3v) is 5.49. The summed E-state index contributed by atoms with van der Waals surface area (Å²) in [5.74, 6) is 0.818. The van der Waals surface area contributed by atoms with Gasteiger partial charge >= 0.3 is 0 Å². The smallest absolute Gasteiger partial charge is 0.257 e. The molecule has 0 aliphatic rings. The summed E-state index contributed by atoms with van der Waals surface area (Å²) in [6, 6.07) is 21.4. The number of hydrogen-bond acceptors (Lipinski definition) is 4. The van der Waals surface area contributed by atoms with Gasteiger partial charge in [-0.15, -0.1) is 0 Å². The molecule has 0 saturated carbocycles. The molecule has 1 amide bonds. The summed E-state index contributed by atoms with van der Waals surface area (Å²) in [5, 5.41) is 6.08. The van der Waals surface area contributed by atoms with Gasteiger partial charge < -0.3 is 9.73 Å². The van der Waals surface area contributed by atoms with Crippen LogP contribution in [0.15, 0.2) is 71.1 Å². The van der Waals surface area contributed by atoms with Crippen molar-refractivity contribution < 1.29 is 9.21 Å². The molecule has 0 aliphatic carbocycles. The Hall–Kier alpha value is -3.51. The summed E-state index contributed by atoms with van der Waals surface area (Å²) in [4.78, 5) is 16.9. The molecule has 4 aromatic rings. The van der Waals surface area contributed by atoms with E-state index in [-0.39, 0.29) is 5.91 Å². The molecule has 0 aliphatic heterocycles. The molecule has 1 heterocycles. The van der Waals surface area contributed by atoms with Gasteiger partial charge in [0.2, 0.25) is 5.89 Å². The Morgan fingerprint density at radius 3 is 2.56 bits per heavy atom. The fraction of sp³-hybridized carbons (Fsp3) is 0.192. The molecule has 4 rings (SSSR count). The minimum atomic E-state index is -0.224. The van der Waals surface area contributed by atoms with E-state index in [1.807, 2.05) is 55.5 Å². The van der Waals surface area contributed by atoms with Crippen LogP contribution in [0.3, 0.4) is 0 Å². The Kier molecular flexibility index (Phi) is 6.32. The molecule has 0 atom stereocenters. The first-order valence-corrected chi connectivity index (χ1v) is 11.0. The molecule has 3 aromatic carbocycles. The summed E-state index contributed by atoms with van der Waals surface area (Å²) in [6.07, 6.45) is 0. The molecule has 0 saturated heterocycles. The van der Waals surface area contributed by atoms with Crippen LogP contribution in [-0.4, -0.2) is 16.0 Å². The van der Waals surface area contributed by atoms with E-state index in [9.17, 15) is 4.79 Å². The number of rotatable bonds is 5. The Balaban J connectivity index is 1.37. The van der Waals surface area contributed by atoms with Gasteiger partial charge in [0.15, 0.2) is 10.7 Å². The zero-order valence-corrected chi connectivity index (χ0v) is 19.1. The number of carbonyl (C=O) groups is 1. The van der Waals surface area contributed by atoms with Crippen LogP contribution >= 0.6 is 12.2 Å². The summed E-state index contributed by atoms with van der Waals surface area (Å²) in [6.45, 7) is 6.77. The van der Waals surface area contributed by atoms with E-state index < -0.39 is 0 Å². The number of fused-ring (bicyclic) bond motifs is 1. The Morgan fingerprint density at radius 1 is 1.06 bits per heavy atom. The number of aryl methyl sites for hydroxylation is 1. The van der Waals surface area contributed by atoms with Crippen molar-refractivity contribution in [1.29, 1.82) is 0 Å². The standard InChI is InChI=1S/C26H25N3O2S/c1-16(2)20-11-12-23-22(14-20)28-25(31-23)19-9-7-18(8-10-19)15-27-26(32)29-24(30)21-6-4-5-17(3)13-21/h4-14,16H,15H2,1-3H3,(H2,27,29,30,32). The first-order valence-electron chi connectivity index (χ1n) is 10.5. The molecule has 0 bridgehead atoms. The molecule has 32 heavy (non-hydrogen) atoms. The van der Waals surface area contributed by atoms with Crippen LogP contribution in [0, 0.1) is 6.92 Å². The average Bonchev–Trinajstić information content (AvgIpc) is 3.21. The Morgan fingerprint density at radius 2 is 1.84 bits per heavy atom. The molecular weight excluding hydrogens is 418 g/mol. The summed E-state index contributed by atoms with van der Waals surface area (Å²) < 4.78 is 5.93. The first kappa shape index (κ1) is 21.7. The molecule has 2 N–H and O–H groups in total. The van der Waals surface area contributed by atoms with Crippen LogP contribution < -0.4 is 10.6 Å². The van der Waals surface area contributed by atoms with Crippen LogP contribution in [0.1, 0.15) is 46.8 Å². The van der Waals surface area contributed by atoms with E-state index in [1.54, 1.807) is 6.07 Å². The second kappa shape index (κ2) is 9.32. The van der Waals surface area contributed by atoms with E-state index >= 15 is 0 Å². The van der Waals surface area contributed by atoms with Gasteiger partial charge in [0.1, 0.15) is 5.52 Å². The van der Waals surface area contributed by atoms with Crippen LogP contribution in [0.5, 0.6) is 0 Å². The van der Waals surface area contributed by atoms with Crippen molar-refractivity contribution >= 4 is 34.3 Å². The van der Waals surface area contributed by atoms with Gasteiger partial charge in [-0.05, 0) is 72.6 Å². The lowest BCUT2D eigenvalue weighted by atomic mass is 10.0. The molecule has 0 unspecified atom stereocenters. The molecule has 5 nitrogen and oxygen atoms in total. The lowest BCUT2D eigenvalue weighted by molar-refractivity contribution is 0.0976. The van der Waals surface area contributed by atoms with E-state index in [2.05, 4.69) is 41.6 Å². The fourth-order valence-corrected chi connectivity index (χ4v) is 3.55. The molecule has 0 radical (unpaired) electrons. The number of amides is 1. The minimum absolute atomic E-state index is 0.224. The second-order valence-corrected chi connectivity index (χ2v) is 8.51. The van der Waals surface area contributed by atoms with Crippen LogP contribution in [0.25, 0.3) is 22.6 Å². The number of thiocarbonyl (C=S) groups is 1. The van der Waals surface area contributed by atoms with Crippen molar-refractivity contribution in [3.8, 4) is 11.5 Å². The molecule has 162 valence electrons. The normalized spacial score (nSPS) is 11.0. The predicted octanol–water partition coefficient (Wildman–Crippen LogP) is 5.73. The minimum Gasteiger partial charge on any atom is -0.436 e. The summed E-state index contributed by atoms with van der Waals surface area (Å²) in [5.41, 5.74) is 6.43. The monoisotopic (exact) mass is 443 g/mol. The van der Waals surface area contributed by atoms with E-state index in [0.717, 1.165) is 27.8 Å². The van der Waals surface area contributed by atoms with E-state index in [0.29, 0.717) is 29.0 Å². The van der Waals surface area contributed by atoms with E-state index in [1.165, 1.54) is 5.56 Å². The van der Waals surface area contributed by atoms with Gasteiger partial charge in [0.05, 0.1) is 0 Å². The van der Waals surface area contributed by atoms with Gasteiger partial charge in [0.25, 0.3) is 5.91 Å². The van der Waals surface area contributed by atoms with Gasteiger partial charge in [-0.2, -0.15) is 0 Å². The molecule has 1 aromatic heterocycles. The summed E-state index contributed by atoms with van der Waals surface area (Å²) in [7, 11) is 0. The second-order valence-electron chi connectivity index (χ2n) is 8.10. The predicted molar refractivity (Wildman–Crippen MR) is 132 cm³/mol. The third kappa shape index (κ3) is 5.03. The number of aromatic nitrogens is 1. The van der Waals surface area contributed by atoms with Crippen LogP contribution in [-0.2, 0) is 6.54 Å². The van der Waals surface area contributed by atoms with Crippen molar-refractivity contribution in [2.24, 2.45) is 0 Å². The van der Waals surface area contributed by atoms with Crippen molar-refractivity contribution in [3.63, 3.8) is 0 Å². The maximum atomic E-state index is 12.3. The highest BCUT2D eigenvalue weighted by Gasteiger charge is 2.11. The highest BCUT2D eigenvalue weighted by Crippen LogP contribution is 2.27. The zero-order valence-electron chi connectivity index (χ0n) is 18.3. The van der Waals surface area contributed by atoms with Gasteiger partial charge in [0, 0.05) is 17.7 Å². The lowest BCUT2D eigenvalue weighted by Gasteiger charge is -2.10. The zero-order chi connectivity index (χ0) is 22.7. The lowest BCUT2D eigenvalue weighted by Crippen LogP contribution is -2.38. The Labute approximate surface area is 192 Å². The largest absolute Gasteiger partial charge is 0.436 e. The van der Waals surface area contributed by atoms with Crippen molar-refractivity contribution in [3.05, 3.63) is 89.0 Å². The van der Waals surface area contributed by atoms with E-state index in [4.69, 9.17) is 16.6 Å². The maximum absolute atomic E-state index is 12.3. The van der Waals surface area contributed by atoms with Crippen molar-refractivity contribution in [2.75, 3.05) is 0 Å². The molecular formula is C26H25N3O2S. The number of hydrogen-bond donors (Lipinski definition) is 2. The number of oxazole rings is 1. The average molecular weight is 444 g/mol. The number of nitrogens with one attached hydrogen (secondary N) is 2. The van der Waals surface area contributed by atoms with Gasteiger partial charge in [-0.3, -0.25) is 10.1 Å². The van der Waals surface area contributed by atoms with Gasteiger partial charge in [-0.25, -0.2) is 4.98 Å². The molecule has 0 fully saturated rings.